The van der Waals surface area contributed by atoms with Crippen LogP contribution in [0, 0.1) is 17.7 Å². The highest BCUT2D eigenvalue weighted by Crippen LogP contribution is 2.00. The number of sulfonamides is 1. The summed E-state index contributed by atoms with van der Waals surface area (Å²) in [6.45, 7) is 1.86. The third-order valence-electron chi connectivity index (χ3n) is 1.93. The smallest absolute Gasteiger partial charge is 0.212 e. The van der Waals surface area contributed by atoms with Crippen LogP contribution in [0.5, 0.6) is 0 Å². The lowest BCUT2D eigenvalue weighted by molar-refractivity contribution is 0.584. The number of rotatable bonds is 4. The van der Waals surface area contributed by atoms with E-state index in [0.29, 0.717) is 12.0 Å². The van der Waals surface area contributed by atoms with Gasteiger partial charge in [0.2, 0.25) is 10.0 Å². The van der Waals surface area contributed by atoms with Crippen molar-refractivity contribution < 1.29 is 12.8 Å². The van der Waals surface area contributed by atoms with E-state index in [2.05, 4.69) is 16.6 Å². The lowest BCUT2D eigenvalue weighted by Crippen LogP contribution is -2.26. The zero-order chi connectivity index (χ0) is 12.7. The Morgan fingerprint density at radius 3 is 2.53 bits per heavy atom. The fourth-order valence-corrected chi connectivity index (χ4v) is 2.14. The fraction of sp³-hybridized carbons (Fsp3) is 0.333. The maximum absolute atomic E-state index is 12.6. The van der Waals surface area contributed by atoms with E-state index in [1.54, 1.807) is 19.1 Å². The predicted octanol–water partition coefficient (Wildman–Crippen LogP) is 1.51. The summed E-state index contributed by atoms with van der Waals surface area (Å²) in [6.07, 6.45) is 0.570. The van der Waals surface area contributed by atoms with E-state index in [1.165, 1.54) is 12.1 Å². The summed E-state index contributed by atoms with van der Waals surface area (Å²) >= 11 is 0. The molecule has 0 spiro atoms. The van der Waals surface area contributed by atoms with E-state index >= 15 is 0 Å². The fourth-order valence-electron chi connectivity index (χ4n) is 1.17. The largest absolute Gasteiger partial charge is 0.212 e. The molecule has 0 saturated heterocycles. The van der Waals surface area contributed by atoms with Gasteiger partial charge in [-0.05, 0) is 30.7 Å². The highest BCUT2D eigenvalue weighted by atomic mass is 32.2. The first-order valence-corrected chi connectivity index (χ1v) is 6.90. The number of hydrogen-bond donors (Lipinski definition) is 1. The van der Waals surface area contributed by atoms with Crippen molar-refractivity contribution in [2.45, 2.75) is 13.3 Å². The molecule has 0 aromatic heterocycles. The van der Waals surface area contributed by atoms with Gasteiger partial charge < -0.3 is 0 Å². The van der Waals surface area contributed by atoms with Crippen LogP contribution in [-0.2, 0) is 10.0 Å². The Morgan fingerprint density at radius 1 is 1.29 bits per heavy atom. The van der Waals surface area contributed by atoms with Gasteiger partial charge in [0.1, 0.15) is 5.82 Å². The molecule has 0 saturated carbocycles. The van der Waals surface area contributed by atoms with Crippen molar-refractivity contribution in [1.82, 2.24) is 4.72 Å². The molecule has 1 N–H and O–H groups in total. The zero-order valence-electron chi connectivity index (χ0n) is 9.53. The monoisotopic (exact) mass is 255 g/mol. The Hall–Kier alpha value is -1.38. The van der Waals surface area contributed by atoms with Gasteiger partial charge in [-0.1, -0.05) is 18.8 Å². The van der Waals surface area contributed by atoms with E-state index in [9.17, 15) is 12.8 Å². The van der Waals surface area contributed by atoms with Crippen molar-refractivity contribution in [3.8, 4) is 11.8 Å². The molecule has 5 heteroatoms. The summed E-state index contributed by atoms with van der Waals surface area (Å²) in [5.74, 6) is 5.20. The van der Waals surface area contributed by atoms with Gasteiger partial charge in [-0.2, -0.15) is 0 Å². The topological polar surface area (TPSA) is 46.2 Å². The van der Waals surface area contributed by atoms with Gasteiger partial charge in [-0.25, -0.2) is 17.5 Å². The van der Waals surface area contributed by atoms with Crippen molar-refractivity contribution in [2.24, 2.45) is 0 Å². The van der Waals surface area contributed by atoms with Gasteiger partial charge in [0.25, 0.3) is 0 Å². The third kappa shape index (κ3) is 5.48. The number of halogens is 1. The molecule has 0 radical (unpaired) electrons. The summed E-state index contributed by atoms with van der Waals surface area (Å²) in [7, 11) is -3.21. The summed E-state index contributed by atoms with van der Waals surface area (Å²) < 4.78 is 37.5. The normalized spacial score (nSPS) is 10.7. The van der Waals surface area contributed by atoms with E-state index in [4.69, 9.17) is 0 Å². The van der Waals surface area contributed by atoms with Crippen molar-refractivity contribution in [2.75, 3.05) is 12.3 Å². The molecule has 0 fully saturated rings. The van der Waals surface area contributed by atoms with Crippen molar-refractivity contribution >= 4 is 10.0 Å². The Bertz CT molecular complexity index is 512. The quantitative estimate of drug-likeness (QED) is 0.829. The predicted molar refractivity (Wildman–Crippen MR) is 65.4 cm³/mol. The Labute approximate surface area is 101 Å². The maximum atomic E-state index is 12.6. The van der Waals surface area contributed by atoms with E-state index < -0.39 is 10.0 Å². The molecule has 0 amide bonds. The minimum absolute atomic E-state index is 0.0692. The highest BCUT2D eigenvalue weighted by molar-refractivity contribution is 7.89. The molecule has 0 heterocycles. The van der Waals surface area contributed by atoms with Crippen LogP contribution < -0.4 is 4.72 Å². The minimum atomic E-state index is -3.21. The first kappa shape index (κ1) is 13.7. The average Bonchev–Trinajstić information content (AvgIpc) is 2.27. The van der Waals surface area contributed by atoms with Crippen LogP contribution in [-0.4, -0.2) is 20.7 Å². The van der Waals surface area contributed by atoms with Gasteiger partial charge in [0.15, 0.2) is 0 Å². The van der Waals surface area contributed by atoms with Gasteiger partial charge in [-0.15, -0.1) is 0 Å². The molecule has 0 aliphatic rings. The molecule has 0 aliphatic carbocycles. The molecule has 0 unspecified atom stereocenters. The number of nitrogens with one attached hydrogen (secondary N) is 1. The van der Waals surface area contributed by atoms with E-state index in [1.807, 2.05) is 0 Å². The first-order valence-electron chi connectivity index (χ1n) is 5.25. The molecule has 92 valence electrons. The van der Waals surface area contributed by atoms with Gasteiger partial charge in [0.05, 0.1) is 12.3 Å². The molecule has 0 atom stereocenters. The maximum Gasteiger partial charge on any atom is 0.212 e. The second-order valence-electron chi connectivity index (χ2n) is 3.45. The van der Waals surface area contributed by atoms with E-state index in [-0.39, 0.29) is 18.1 Å². The van der Waals surface area contributed by atoms with Crippen molar-refractivity contribution in [1.29, 1.82) is 0 Å². The second kappa shape index (κ2) is 6.38. The Balaban J connectivity index is 2.50. The molecule has 1 aromatic rings. The Kier molecular flexibility index (Phi) is 5.13. The molecular formula is C12H14FNO2S. The average molecular weight is 255 g/mol. The molecule has 1 rings (SSSR count). The van der Waals surface area contributed by atoms with Crippen LogP contribution in [0.3, 0.4) is 0 Å². The van der Waals surface area contributed by atoms with Gasteiger partial charge >= 0.3 is 0 Å². The molecule has 3 nitrogen and oxygen atoms in total. The van der Waals surface area contributed by atoms with Crippen LogP contribution >= 0.6 is 0 Å². The van der Waals surface area contributed by atoms with E-state index in [0.717, 1.165) is 0 Å². The summed E-state index contributed by atoms with van der Waals surface area (Å²) in [5.41, 5.74) is 0.654. The van der Waals surface area contributed by atoms with Crippen molar-refractivity contribution in [3.05, 3.63) is 35.6 Å². The standard InChI is InChI=1S/C12H14FNO2S/c1-2-10-17(15,16)14-9-3-4-11-5-7-12(13)8-6-11/h5-8,14H,2,9-10H2,1H3. The zero-order valence-corrected chi connectivity index (χ0v) is 10.3. The highest BCUT2D eigenvalue weighted by Gasteiger charge is 2.05. The SMILES string of the molecule is CCCS(=O)(=O)NCC#Cc1ccc(F)cc1. The lowest BCUT2D eigenvalue weighted by Gasteiger charge is -1.99. The minimum Gasteiger partial charge on any atom is -0.212 e. The van der Waals surface area contributed by atoms with Gasteiger partial charge in [-0.3, -0.25) is 0 Å². The number of benzene rings is 1. The third-order valence-corrected chi connectivity index (χ3v) is 3.46. The van der Waals surface area contributed by atoms with Crippen LogP contribution in [0.4, 0.5) is 4.39 Å². The van der Waals surface area contributed by atoms with Crippen LogP contribution in [0.25, 0.3) is 0 Å². The van der Waals surface area contributed by atoms with Crippen LogP contribution in [0.1, 0.15) is 18.9 Å². The molecular weight excluding hydrogens is 241 g/mol. The van der Waals surface area contributed by atoms with Crippen LogP contribution in [0.15, 0.2) is 24.3 Å². The second-order valence-corrected chi connectivity index (χ2v) is 5.38. The Morgan fingerprint density at radius 2 is 1.94 bits per heavy atom. The van der Waals surface area contributed by atoms with Crippen molar-refractivity contribution in [3.63, 3.8) is 0 Å². The summed E-state index contributed by atoms with van der Waals surface area (Å²) in [5, 5.41) is 0. The molecule has 0 aliphatic heterocycles. The summed E-state index contributed by atoms with van der Waals surface area (Å²) in [6, 6.07) is 5.71. The van der Waals surface area contributed by atoms with Gasteiger partial charge in [0, 0.05) is 5.56 Å². The first-order chi connectivity index (χ1) is 8.03. The molecule has 1 aromatic carbocycles. The lowest BCUT2D eigenvalue weighted by atomic mass is 10.2. The molecule has 17 heavy (non-hydrogen) atoms. The number of hydrogen-bond acceptors (Lipinski definition) is 2. The molecule has 0 bridgehead atoms. The summed E-state index contributed by atoms with van der Waals surface area (Å²) in [4.78, 5) is 0. The van der Waals surface area contributed by atoms with Crippen LogP contribution in [0.2, 0.25) is 0 Å².